The predicted octanol–water partition coefficient (Wildman–Crippen LogP) is 10.6. The average Bonchev–Trinajstić information content (AvgIpc) is 3.01. The Kier molecular flexibility index (Phi) is 14.8. The summed E-state index contributed by atoms with van der Waals surface area (Å²) in [5.41, 5.74) is 3.95. The molecule has 3 aromatic carbocycles. The summed E-state index contributed by atoms with van der Waals surface area (Å²) in [6.07, 6.45) is 15.0. The maximum absolute atomic E-state index is 11.9. The quantitative estimate of drug-likeness (QED) is 0.126. The molecule has 0 fully saturated rings. The van der Waals surface area contributed by atoms with Crippen LogP contribution in [0.5, 0.6) is 11.5 Å². The zero-order valence-electron chi connectivity index (χ0n) is 26.4. The van der Waals surface area contributed by atoms with Gasteiger partial charge < -0.3 is 19.3 Å². The number of benzene rings is 3. The average molecular weight is 573 g/mol. The molecule has 1 amide bonds. The predicted molar refractivity (Wildman–Crippen MR) is 178 cm³/mol. The Morgan fingerprint density at radius 2 is 0.857 bits per heavy atom. The van der Waals surface area contributed by atoms with Crippen molar-refractivity contribution in [2.24, 2.45) is 0 Å². The van der Waals surface area contributed by atoms with Gasteiger partial charge in [0, 0.05) is 36.7 Å². The van der Waals surface area contributed by atoms with Gasteiger partial charge in [0.15, 0.2) is 0 Å². The highest BCUT2D eigenvalue weighted by Gasteiger charge is 2.14. The largest absolute Gasteiger partial charge is 0.494 e. The standard InChI is InChI=1S/C37H52N2O3/c1-5-7-9-11-13-15-29-41-36-25-21-34(22-26-36)39(33-19-17-32(18-20-33)38(4)31(3)40)35-23-27-37(28-24-35)42-30-16-14-12-10-8-6-2/h17-28H,5-16,29-30H2,1-4H3. The van der Waals surface area contributed by atoms with Gasteiger partial charge in [-0.15, -0.1) is 0 Å². The first-order chi connectivity index (χ1) is 20.5. The molecule has 3 rings (SSSR count). The summed E-state index contributed by atoms with van der Waals surface area (Å²) in [5.74, 6) is 1.79. The number of carbonyl (C=O) groups excluding carboxylic acids is 1. The summed E-state index contributed by atoms with van der Waals surface area (Å²) < 4.78 is 12.1. The first-order valence-corrected chi connectivity index (χ1v) is 16.1. The zero-order valence-corrected chi connectivity index (χ0v) is 26.4. The topological polar surface area (TPSA) is 42.0 Å². The van der Waals surface area contributed by atoms with Gasteiger partial charge in [0.05, 0.1) is 13.2 Å². The lowest BCUT2D eigenvalue weighted by Gasteiger charge is -2.26. The minimum atomic E-state index is 0.00713. The van der Waals surface area contributed by atoms with Gasteiger partial charge in [-0.2, -0.15) is 0 Å². The molecule has 5 nitrogen and oxygen atoms in total. The van der Waals surface area contributed by atoms with Gasteiger partial charge in [0.25, 0.3) is 0 Å². The van der Waals surface area contributed by atoms with Crippen molar-refractivity contribution in [1.29, 1.82) is 0 Å². The van der Waals surface area contributed by atoms with Crippen molar-refractivity contribution in [1.82, 2.24) is 0 Å². The van der Waals surface area contributed by atoms with Crippen molar-refractivity contribution < 1.29 is 14.3 Å². The third-order valence-electron chi connectivity index (χ3n) is 7.69. The van der Waals surface area contributed by atoms with E-state index in [9.17, 15) is 4.79 Å². The Hall–Kier alpha value is -3.47. The lowest BCUT2D eigenvalue weighted by Crippen LogP contribution is -2.22. The molecule has 0 saturated carbocycles. The zero-order chi connectivity index (χ0) is 30.0. The van der Waals surface area contributed by atoms with Gasteiger partial charge in [-0.3, -0.25) is 4.79 Å². The number of hydrogen-bond donors (Lipinski definition) is 0. The molecular formula is C37H52N2O3. The fourth-order valence-electron chi connectivity index (χ4n) is 4.98. The molecule has 0 saturated heterocycles. The summed E-state index contributed by atoms with van der Waals surface area (Å²) in [4.78, 5) is 15.7. The van der Waals surface area contributed by atoms with Crippen LogP contribution in [0.4, 0.5) is 22.7 Å². The van der Waals surface area contributed by atoms with Crippen molar-refractivity contribution in [2.75, 3.05) is 30.1 Å². The summed E-state index contributed by atoms with van der Waals surface area (Å²) in [5, 5.41) is 0. The van der Waals surface area contributed by atoms with E-state index < -0.39 is 0 Å². The number of amides is 1. The summed E-state index contributed by atoms with van der Waals surface area (Å²) >= 11 is 0. The molecule has 5 heteroatoms. The lowest BCUT2D eigenvalue weighted by atomic mass is 10.1. The van der Waals surface area contributed by atoms with Gasteiger partial charge in [-0.25, -0.2) is 0 Å². The van der Waals surface area contributed by atoms with Crippen LogP contribution >= 0.6 is 0 Å². The maximum atomic E-state index is 11.9. The molecule has 3 aromatic rings. The second-order valence-electron chi connectivity index (χ2n) is 11.2. The summed E-state index contributed by atoms with van der Waals surface area (Å²) in [6, 6.07) is 24.7. The van der Waals surface area contributed by atoms with E-state index in [0.29, 0.717) is 0 Å². The molecule has 0 aliphatic heterocycles. The molecule has 0 aromatic heterocycles. The Labute approximate surface area is 254 Å². The molecule has 228 valence electrons. The Morgan fingerprint density at radius 3 is 1.24 bits per heavy atom. The van der Waals surface area contributed by atoms with Gasteiger partial charge in [0.2, 0.25) is 5.91 Å². The molecule has 0 bridgehead atoms. The number of unbranched alkanes of at least 4 members (excludes halogenated alkanes) is 10. The molecule has 0 unspecified atom stereocenters. The van der Waals surface area contributed by atoms with Gasteiger partial charge in [0.1, 0.15) is 11.5 Å². The monoisotopic (exact) mass is 572 g/mol. The van der Waals surface area contributed by atoms with Crippen molar-refractivity contribution >= 4 is 28.7 Å². The van der Waals surface area contributed by atoms with Crippen LogP contribution in [0.25, 0.3) is 0 Å². The van der Waals surface area contributed by atoms with Crippen LogP contribution in [0.15, 0.2) is 72.8 Å². The van der Waals surface area contributed by atoms with Crippen LogP contribution < -0.4 is 19.3 Å². The lowest BCUT2D eigenvalue weighted by molar-refractivity contribution is -0.116. The Balaban J connectivity index is 1.69. The smallest absolute Gasteiger partial charge is 0.223 e. The Bertz CT molecular complexity index is 1080. The second kappa shape index (κ2) is 18.9. The first-order valence-electron chi connectivity index (χ1n) is 16.1. The van der Waals surface area contributed by atoms with E-state index in [2.05, 4.69) is 79.4 Å². The van der Waals surface area contributed by atoms with Crippen molar-refractivity contribution in [2.45, 2.75) is 97.8 Å². The van der Waals surface area contributed by atoms with Crippen LogP contribution in [0, 0.1) is 0 Å². The molecule has 0 aliphatic carbocycles. The third-order valence-corrected chi connectivity index (χ3v) is 7.69. The van der Waals surface area contributed by atoms with Gasteiger partial charge in [-0.05, 0) is 85.6 Å². The number of hydrogen-bond acceptors (Lipinski definition) is 4. The summed E-state index contributed by atoms with van der Waals surface area (Å²) in [6.45, 7) is 7.57. The van der Waals surface area contributed by atoms with Crippen molar-refractivity contribution in [3.05, 3.63) is 72.8 Å². The summed E-state index contributed by atoms with van der Waals surface area (Å²) in [7, 11) is 1.79. The highest BCUT2D eigenvalue weighted by molar-refractivity contribution is 5.91. The Morgan fingerprint density at radius 1 is 0.524 bits per heavy atom. The van der Waals surface area contributed by atoms with E-state index in [1.807, 2.05) is 12.1 Å². The van der Waals surface area contributed by atoms with E-state index in [1.165, 1.54) is 64.2 Å². The van der Waals surface area contributed by atoms with Crippen molar-refractivity contribution in [3.8, 4) is 11.5 Å². The minimum absolute atomic E-state index is 0.00713. The van der Waals surface area contributed by atoms with E-state index in [0.717, 1.165) is 60.3 Å². The normalized spacial score (nSPS) is 10.9. The van der Waals surface area contributed by atoms with E-state index in [-0.39, 0.29) is 5.91 Å². The third kappa shape index (κ3) is 11.1. The number of ether oxygens (including phenoxy) is 2. The molecule has 42 heavy (non-hydrogen) atoms. The number of anilines is 4. The molecular weight excluding hydrogens is 520 g/mol. The van der Waals surface area contributed by atoms with Gasteiger partial charge in [-0.1, -0.05) is 78.1 Å². The molecule has 0 atom stereocenters. The van der Waals surface area contributed by atoms with Crippen LogP contribution in [-0.4, -0.2) is 26.2 Å². The first kappa shape index (κ1) is 33.0. The minimum Gasteiger partial charge on any atom is -0.494 e. The SMILES string of the molecule is CCCCCCCCOc1ccc(N(c2ccc(OCCCCCCCC)cc2)c2ccc(N(C)C(C)=O)cc2)cc1. The van der Waals surface area contributed by atoms with E-state index >= 15 is 0 Å². The fourth-order valence-corrected chi connectivity index (χ4v) is 4.98. The van der Waals surface area contributed by atoms with Crippen LogP contribution in [0.1, 0.15) is 97.8 Å². The second-order valence-corrected chi connectivity index (χ2v) is 11.2. The number of nitrogens with zero attached hydrogens (tertiary/aromatic N) is 2. The van der Waals surface area contributed by atoms with Gasteiger partial charge >= 0.3 is 0 Å². The number of carbonyl (C=O) groups is 1. The maximum Gasteiger partial charge on any atom is 0.223 e. The highest BCUT2D eigenvalue weighted by atomic mass is 16.5. The molecule has 0 N–H and O–H groups in total. The molecule has 0 spiro atoms. The van der Waals surface area contributed by atoms with E-state index in [1.54, 1.807) is 18.9 Å². The molecule has 0 aliphatic rings. The fraction of sp³-hybridized carbons (Fsp3) is 0.486. The van der Waals surface area contributed by atoms with E-state index in [4.69, 9.17) is 9.47 Å². The van der Waals surface area contributed by atoms with Crippen LogP contribution in [0.2, 0.25) is 0 Å². The van der Waals surface area contributed by atoms with Crippen LogP contribution in [0.3, 0.4) is 0 Å². The van der Waals surface area contributed by atoms with Crippen molar-refractivity contribution in [3.63, 3.8) is 0 Å². The molecule has 0 radical (unpaired) electrons. The molecule has 0 heterocycles. The number of rotatable bonds is 20. The van der Waals surface area contributed by atoms with Crippen LogP contribution in [-0.2, 0) is 4.79 Å². The highest BCUT2D eigenvalue weighted by Crippen LogP contribution is 2.37.